The normalized spacial score (nSPS) is 18.4. The van der Waals surface area contributed by atoms with Crippen LogP contribution in [0.5, 0.6) is 0 Å². The molecule has 3 N–H and O–H groups in total. The molecule has 0 aromatic rings. The molecule has 1 atom stereocenters. The predicted octanol–water partition coefficient (Wildman–Crippen LogP) is 3.63. The molecule has 0 radical (unpaired) electrons. The third kappa shape index (κ3) is 8.25. The molecular weight excluding hydrogens is 234 g/mol. The van der Waals surface area contributed by atoms with Crippen molar-refractivity contribution in [3.63, 3.8) is 0 Å². The summed E-state index contributed by atoms with van der Waals surface area (Å²) in [5.41, 5.74) is 5.56. The number of nitrogens with two attached hydrogens (primary N) is 1. The Hall–Kier alpha value is -0.570. The summed E-state index contributed by atoms with van der Waals surface area (Å²) in [5, 5.41) is 3.41. The van der Waals surface area contributed by atoms with Crippen molar-refractivity contribution in [2.75, 3.05) is 13.1 Å². The highest BCUT2D eigenvalue weighted by molar-refractivity contribution is 5.83. The van der Waals surface area contributed by atoms with Gasteiger partial charge in [-0.2, -0.15) is 0 Å². The van der Waals surface area contributed by atoms with Gasteiger partial charge in [0.05, 0.1) is 11.9 Å². The Morgan fingerprint density at radius 3 is 2.32 bits per heavy atom. The number of aliphatic imine (C=N–C) groups is 1. The summed E-state index contributed by atoms with van der Waals surface area (Å²) in [5.74, 6) is 1.22. The van der Waals surface area contributed by atoms with E-state index in [1.165, 1.54) is 63.6 Å². The van der Waals surface area contributed by atoms with Gasteiger partial charge in [0.25, 0.3) is 0 Å². The summed E-state index contributed by atoms with van der Waals surface area (Å²) in [6.45, 7) is 4.03. The van der Waals surface area contributed by atoms with Gasteiger partial charge in [-0.1, -0.05) is 58.3 Å². The molecule has 1 aliphatic rings. The number of amidine groups is 1. The van der Waals surface area contributed by atoms with E-state index >= 15 is 0 Å². The molecule has 0 saturated heterocycles. The average molecular weight is 267 g/mol. The summed E-state index contributed by atoms with van der Waals surface area (Å²) in [6.07, 6.45) is 14.7. The third-order valence-corrected chi connectivity index (χ3v) is 3.90. The fourth-order valence-electron chi connectivity index (χ4n) is 2.66. The maximum atomic E-state index is 5.56. The average Bonchev–Trinajstić information content (AvgIpc) is 2.85. The first-order valence-corrected chi connectivity index (χ1v) is 8.37. The number of nitrogens with zero attached hydrogens (tertiary/aromatic N) is 1. The second-order valence-electron chi connectivity index (χ2n) is 5.77. The minimum Gasteiger partial charge on any atom is -0.372 e. The van der Waals surface area contributed by atoms with Crippen molar-refractivity contribution in [2.45, 2.75) is 83.6 Å². The highest BCUT2D eigenvalue weighted by Crippen LogP contribution is 2.12. The Morgan fingerprint density at radius 1 is 1.05 bits per heavy atom. The van der Waals surface area contributed by atoms with Crippen LogP contribution < -0.4 is 11.1 Å². The van der Waals surface area contributed by atoms with Crippen molar-refractivity contribution >= 4 is 5.84 Å². The molecule has 112 valence electrons. The Bertz CT molecular complexity index is 238. The molecule has 0 bridgehead atoms. The summed E-state index contributed by atoms with van der Waals surface area (Å²) in [4.78, 5) is 4.67. The maximum Gasteiger partial charge on any atom is 0.0968 e. The van der Waals surface area contributed by atoms with Gasteiger partial charge in [0.2, 0.25) is 0 Å². The van der Waals surface area contributed by atoms with Crippen molar-refractivity contribution in [1.82, 2.24) is 5.32 Å². The molecule has 1 rings (SSSR count). The zero-order valence-electron chi connectivity index (χ0n) is 12.8. The summed E-state index contributed by atoms with van der Waals surface area (Å²) in [7, 11) is 0. The molecule has 3 heteroatoms. The fraction of sp³-hybridized carbons (Fsp3) is 0.938. The first-order valence-electron chi connectivity index (χ1n) is 8.37. The fourth-order valence-corrected chi connectivity index (χ4v) is 2.66. The Morgan fingerprint density at radius 2 is 1.68 bits per heavy atom. The highest BCUT2D eigenvalue weighted by Gasteiger charge is 2.14. The van der Waals surface area contributed by atoms with Gasteiger partial charge in [0.15, 0.2) is 0 Å². The maximum absolute atomic E-state index is 5.56. The summed E-state index contributed by atoms with van der Waals surface area (Å²) >= 11 is 0. The van der Waals surface area contributed by atoms with Crippen molar-refractivity contribution in [3.8, 4) is 0 Å². The second-order valence-corrected chi connectivity index (χ2v) is 5.77. The minimum atomic E-state index is 0.443. The van der Waals surface area contributed by atoms with E-state index in [0.29, 0.717) is 6.04 Å². The number of hydrogen-bond acceptors (Lipinski definition) is 3. The number of unbranched alkanes of at least 4 members (excludes halogenated alkanes) is 8. The lowest BCUT2D eigenvalue weighted by atomic mass is 10.1. The van der Waals surface area contributed by atoms with E-state index in [1.54, 1.807) is 0 Å². The summed E-state index contributed by atoms with van der Waals surface area (Å²) < 4.78 is 0. The first kappa shape index (κ1) is 16.5. The van der Waals surface area contributed by atoms with Gasteiger partial charge in [-0.05, 0) is 19.4 Å². The molecule has 0 aromatic heterocycles. The van der Waals surface area contributed by atoms with Gasteiger partial charge >= 0.3 is 0 Å². The molecule has 3 nitrogen and oxygen atoms in total. The largest absolute Gasteiger partial charge is 0.372 e. The molecule has 0 aromatic carbocycles. The van der Waals surface area contributed by atoms with Gasteiger partial charge in [0.1, 0.15) is 0 Å². The Labute approximate surface area is 119 Å². The van der Waals surface area contributed by atoms with Crippen LogP contribution in [0.3, 0.4) is 0 Å². The molecular formula is C16H33N3. The van der Waals surface area contributed by atoms with E-state index in [-0.39, 0.29) is 0 Å². The van der Waals surface area contributed by atoms with Gasteiger partial charge in [0, 0.05) is 13.0 Å². The second kappa shape index (κ2) is 11.3. The predicted molar refractivity (Wildman–Crippen MR) is 84.7 cm³/mol. The van der Waals surface area contributed by atoms with E-state index in [2.05, 4.69) is 17.2 Å². The summed E-state index contributed by atoms with van der Waals surface area (Å²) in [6, 6.07) is 0.443. The number of nitrogens with one attached hydrogen (secondary N) is 1. The van der Waals surface area contributed by atoms with Gasteiger partial charge in [-0.25, -0.2) is 0 Å². The van der Waals surface area contributed by atoms with Crippen LogP contribution in [-0.4, -0.2) is 25.0 Å². The molecule has 1 aliphatic heterocycles. The zero-order chi connectivity index (χ0) is 13.8. The lowest BCUT2D eigenvalue weighted by Crippen LogP contribution is -2.22. The van der Waals surface area contributed by atoms with Crippen LogP contribution in [0.25, 0.3) is 0 Å². The smallest absolute Gasteiger partial charge is 0.0968 e. The van der Waals surface area contributed by atoms with Crippen molar-refractivity contribution in [2.24, 2.45) is 10.7 Å². The van der Waals surface area contributed by atoms with E-state index in [9.17, 15) is 0 Å². The van der Waals surface area contributed by atoms with Crippen molar-refractivity contribution in [1.29, 1.82) is 0 Å². The van der Waals surface area contributed by atoms with Gasteiger partial charge in [-0.15, -0.1) is 0 Å². The van der Waals surface area contributed by atoms with Gasteiger partial charge in [-0.3, -0.25) is 4.99 Å². The molecule has 0 aliphatic carbocycles. The van der Waals surface area contributed by atoms with E-state index in [1.807, 2.05) is 0 Å². The first-order chi connectivity index (χ1) is 9.36. The van der Waals surface area contributed by atoms with E-state index < -0.39 is 0 Å². The van der Waals surface area contributed by atoms with Crippen LogP contribution >= 0.6 is 0 Å². The minimum absolute atomic E-state index is 0.443. The molecule has 0 spiro atoms. The Kier molecular flexibility index (Phi) is 9.78. The standard InChI is InChI=1S/C16H33N3/c1-2-3-4-5-6-7-8-9-10-11-16-18-14-15(19-16)12-13-17/h15H,2-14,17H2,1H3,(H,18,19). The number of rotatable bonds is 12. The van der Waals surface area contributed by atoms with Crippen LogP contribution in [0.1, 0.15) is 77.6 Å². The topological polar surface area (TPSA) is 50.4 Å². The Balaban J connectivity index is 1.87. The third-order valence-electron chi connectivity index (χ3n) is 3.90. The van der Waals surface area contributed by atoms with Crippen molar-refractivity contribution < 1.29 is 0 Å². The van der Waals surface area contributed by atoms with E-state index in [0.717, 1.165) is 25.9 Å². The van der Waals surface area contributed by atoms with Crippen LogP contribution in [0.2, 0.25) is 0 Å². The molecule has 19 heavy (non-hydrogen) atoms. The molecule has 1 heterocycles. The zero-order valence-corrected chi connectivity index (χ0v) is 12.8. The van der Waals surface area contributed by atoms with Crippen LogP contribution in [0.4, 0.5) is 0 Å². The molecule has 1 unspecified atom stereocenters. The van der Waals surface area contributed by atoms with Crippen molar-refractivity contribution in [3.05, 3.63) is 0 Å². The van der Waals surface area contributed by atoms with E-state index in [4.69, 9.17) is 5.73 Å². The molecule has 0 amide bonds. The lowest BCUT2D eigenvalue weighted by molar-refractivity contribution is 0.568. The molecule has 0 fully saturated rings. The van der Waals surface area contributed by atoms with Crippen LogP contribution in [0, 0.1) is 0 Å². The number of hydrogen-bond donors (Lipinski definition) is 2. The quantitative estimate of drug-likeness (QED) is 0.531. The lowest BCUT2D eigenvalue weighted by Gasteiger charge is -2.03. The molecule has 0 saturated carbocycles. The van der Waals surface area contributed by atoms with Gasteiger partial charge < -0.3 is 11.1 Å². The highest BCUT2D eigenvalue weighted by atomic mass is 15.1. The van der Waals surface area contributed by atoms with Crippen LogP contribution in [-0.2, 0) is 0 Å². The monoisotopic (exact) mass is 267 g/mol. The SMILES string of the molecule is CCCCCCCCCCCC1=NC(CCN)CN1. The van der Waals surface area contributed by atoms with Crippen LogP contribution in [0.15, 0.2) is 4.99 Å².